The molecule has 1 aromatic heterocycles. The topological polar surface area (TPSA) is 48.3 Å². The molecule has 0 fully saturated rings. The number of carbonyl (C=O) groups is 2. The van der Waals surface area contributed by atoms with E-state index in [4.69, 9.17) is 27.9 Å². The van der Waals surface area contributed by atoms with Crippen LogP contribution < -0.4 is 0 Å². The minimum Gasteiger partial charge on any atom is -0.383 e. The highest BCUT2D eigenvalue weighted by molar-refractivity contribution is 6.83. The molecule has 2 rings (SSSR count). The summed E-state index contributed by atoms with van der Waals surface area (Å²) in [5.41, 5.74) is 1.76. The first-order valence-corrected chi connectivity index (χ1v) is 6.98. The summed E-state index contributed by atoms with van der Waals surface area (Å²) < 4.78 is 6.65. The zero-order chi connectivity index (χ0) is 15.4. The minimum atomic E-state index is -1.02. The maximum atomic E-state index is 11.9. The highest BCUT2D eigenvalue weighted by atomic mass is 35.5. The maximum Gasteiger partial charge on any atom is 0.294 e. The second kappa shape index (κ2) is 6.89. The first kappa shape index (κ1) is 15.8. The third-order valence-corrected chi connectivity index (χ3v) is 3.53. The smallest absolute Gasteiger partial charge is 0.294 e. The fourth-order valence-electron chi connectivity index (χ4n) is 2.02. The van der Waals surface area contributed by atoms with Gasteiger partial charge in [-0.1, -0.05) is 29.8 Å². The largest absolute Gasteiger partial charge is 0.383 e. The second-order valence-electron chi connectivity index (χ2n) is 4.38. The van der Waals surface area contributed by atoms with E-state index in [9.17, 15) is 9.59 Å². The van der Waals surface area contributed by atoms with E-state index in [1.807, 2.05) is 18.2 Å². The molecule has 0 spiro atoms. The molecule has 0 radical (unpaired) electrons. The molecule has 0 amide bonds. The number of methoxy groups -OCH3 is 1. The fraction of sp³-hybridized carbons (Fsp3) is 0.200. The zero-order valence-electron chi connectivity index (χ0n) is 11.3. The SMILES string of the molecule is COCCn1cc(-c2ccccc2Cl)cc1C(=O)C(=O)Cl. The van der Waals surface area contributed by atoms with Crippen molar-refractivity contribution in [3.63, 3.8) is 0 Å². The summed E-state index contributed by atoms with van der Waals surface area (Å²) >= 11 is 11.5. The van der Waals surface area contributed by atoms with Gasteiger partial charge < -0.3 is 9.30 Å². The summed E-state index contributed by atoms with van der Waals surface area (Å²) in [5.74, 6) is -0.744. The highest BCUT2D eigenvalue weighted by Gasteiger charge is 2.20. The lowest BCUT2D eigenvalue weighted by molar-refractivity contribution is -0.108. The average molecular weight is 326 g/mol. The van der Waals surface area contributed by atoms with Crippen molar-refractivity contribution in [1.82, 2.24) is 4.57 Å². The second-order valence-corrected chi connectivity index (χ2v) is 5.13. The molecule has 0 N–H and O–H groups in total. The molecular weight excluding hydrogens is 313 g/mol. The Hall–Kier alpha value is -1.62. The maximum absolute atomic E-state index is 11.9. The molecule has 0 unspecified atom stereocenters. The highest BCUT2D eigenvalue weighted by Crippen LogP contribution is 2.29. The summed E-state index contributed by atoms with van der Waals surface area (Å²) in [4.78, 5) is 23.0. The summed E-state index contributed by atoms with van der Waals surface area (Å²) in [5, 5.41) is -0.449. The van der Waals surface area contributed by atoms with Crippen LogP contribution in [0.3, 0.4) is 0 Å². The van der Waals surface area contributed by atoms with Crippen LogP contribution in [-0.4, -0.2) is 29.3 Å². The molecule has 2 aromatic rings. The Labute approximate surface area is 132 Å². The van der Waals surface area contributed by atoms with Gasteiger partial charge in [-0.2, -0.15) is 0 Å². The molecule has 6 heteroatoms. The molecule has 0 aliphatic heterocycles. The summed E-state index contributed by atoms with van der Waals surface area (Å²) in [6.07, 6.45) is 1.76. The molecule has 110 valence electrons. The number of ketones is 1. The number of rotatable bonds is 6. The number of nitrogens with zero attached hydrogens (tertiary/aromatic N) is 1. The first-order chi connectivity index (χ1) is 10.0. The van der Waals surface area contributed by atoms with Crippen molar-refractivity contribution < 1.29 is 14.3 Å². The van der Waals surface area contributed by atoms with Crippen molar-refractivity contribution in [2.24, 2.45) is 0 Å². The van der Waals surface area contributed by atoms with Gasteiger partial charge in [0.1, 0.15) is 0 Å². The lowest BCUT2D eigenvalue weighted by Gasteiger charge is -2.05. The quantitative estimate of drug-likeness (QED) is 0.464. The monoisotopic (exact) mass is 325 g/mol. The Balaban J connectivity index is 2.47. The van der Waals surface area contributed by atoms with E-state index >= 15 is 0 Å². The van der Waals surface area contributed by atoms with Gasteiger partial charge in [-0.25, -0.2) is 0 Å². The van der Waals surface area contributed by atoms with E-state index < -0.39 is 11.0 Å². The molecule has 0 bridgehead atoms. The van der Waals surface area contributed by atoms with Gasteiger partial charge in [0.2, 0.25) is 0 Å². The molecule has 1 heterocycles. The Bertz CT molecular complexity index is 679. The normalized spacial score (nSPS) is 10.6. The Morgan fingerprint density at radius 2 is 2.00 bits per heavy atom. The standard InChI is InChI=1S/C15H13Cl2NO3/c1-21-7-6-18-9-10(8-13(18)14(19)15(17)20)11-4-2-3-5-12(11)16/h2-5,8-9H,6-7H2,1H3. The molecule has 0 aliphatic carbocycles. The fourth-order valence-corrected chi connectivity index (χ4v) is 2.36. The van der Waals surface area contributed by atoms with Gasteiger partial charge in [-0.3, -0.25) is 9.59 Å². The van der Waals surface area contributed by atoms with Crippen LogP contribution in [0.5, 0.6) is 0 Å². The van der Waals surface area contributed by atoms with Crippen LogP contribution in [0.25, 0.3) is 11.1 Å². The minimum absolute atomic E-state index is 0.224. The van der Waals surface area contributed by atoms with Gasteiger partial charge in [0, 0.05) is 36.0 Å². The van der Waals surface area contributed by atoms with Crippen LogP contribution >= 0.6 is 23.2 Å². The number of hydrogen-bond donors (Lipinski definition) is 0. The summed E-state index contributed by atoms with van der Waals surface area (Å²) in [6.45, 7) is 0.847. The Kier molecular flexibility index (Phi) is 5.17. The zero-order valence-corrected chi connectivity index (χ0v) is 12.8. The third kappa shape index (κ3) is 3.53. The molecule has 0 atom stereocenters. The van der Waals surface area contributed by atoms with Crippen molar-refractivity contribution >= 4 is 34.2 Å². The number of hydrogen-bond acceptors (Lipinski definition) is 3. The first-order valence-electron chi connectivity index (χ1n) is 6.22. The molecule has 0 saturated carbocycles. The number of halogens is 2. The number of carbonyl (C=O) groups excluding carboxylic acids is 2. The van der Waals surface area contributed by atoms with Crippen LogP contribution in [0.1, 0.15) is 10.5 Å². The molecular formula is C15H13Cl2NO3. The van der Waals surface area contributed by atoms with Crippen LogP contribution in [0.15, 0.2) is 36.5 Å². The average Bonchev–Trinajstić information content (AvgIpc) is 2.88. The van der Waals surface area contributed by atoms with Crippen LogP contribution in [0.2, 0.25) is 5.02 Å². The van der Waals surface area contributed by atoms with E-state index in [2.05, 4.69) is 0 Å². The van der Waals surface area contributed by atoms with Crippen molar-refractivity contribution in [3.8, 4) is 11.1 Å². The Morgan fingerprint density at radius 3 is 2.62 bits per heavy atom. The number of benzene rings is 1. The van der Waals surface area contributed by atoms with Crippen molar-refractivity contribution in [2.75, 3.05) is 13.7 Å². The van der Waals surface area contributed by atoms with Crippen LogP contribution in [0, 0.1) is 0 Å². The number of ether oxygens (including phenoxy) is 1. The molecule has 0 aliphatic rings. The summed E-state index contributed by atoms with van der Waals surface area (Å²) in [6, 6.07) is 8.89. The predicted octanol–water partition coefficient (Wildman–Crippen LogP) is 3.40. The van der Waals surface area contributed by atoms with E-state index in [1.165, 1.54) is 0 Å². The van der Waals surface area contributed by atoms with Gasteiger partial charge in [0.15, 0.2) is 0 Å². The molecule has 0 saturated heterocycles. The van der Waals surface area contributed by atoms with Crippen LogP contribution in [-0.2, 0) is 16.1 Å². The van der Waals surface area contributed by atoms with Crippen LogP contribution in [0.4, 0.5) is 0 Å². The molecule has 1 aromatic carbocycles. The van der Waals surface area contributed by atoms with Crippen molar-refractivity contribution in [2.45, 2.75) is 6.54 Å². The lowest BCUT2D eigenvalue weighted by atomic mass is 10.1. The van der Waals surface area contributed by atoms with Crippen molar-refractivity contribution in [1.29, 1.82) is 0 Å². The molecule has 21 heavy (non-hydrogen) atoms. The number of Topliss-reactive ketones (excluding diaryl/α,β-unsaturated/α-hetero) is 1. The predicted molar refractivity (Wildman–Crippen MR) is 81.9 cm³/mol. The van der Waals surface area contributed by atoms with E-state index in [0.717, 1.165) is 11.1 Å². The van der Waals surface area contributed by atoms with E-state index in [0.29, 0.717) is 18.2 Å². The van der Waals surface area contributed by atoms with Gasteiger partial charge in [-0.15, -0.1) is 0 Å². The third-order valence-electron chi connectivity index (χ3n) is 3.03. The lowest BCUT2D eigenvalue weighted by Crippen LogP contribution is -2.15. The van der Waals surface area contributed by atoms with E-state index in [1.54, 1.807) is 30.0 Å². The van der Waals surface area contributed by atoms with Crippen molar-refractivity contribution in [3.05, 3.63) is 47.2 Å². The van der Waals surface area contributed by atoms with Gasteiger partial charge in [0.05, 0.1) is 12.3 Å². The Morgan fingerprint density at radius 1 is 1.29 bits per heavy atom. The number of aromatic nitrogens is 1. The summed E-state index contributed by atoms with van der Waals surface area (Å²) in [7, 11) is 1.56. The van der Waals surface area contributed by atoms with E-state index in [-0.39, 0.29) is 5.69 Å². The van der Waals surface area contributed by atoms with Gasteiger partial charge >= 0.3 is 0 Å². The van der Waals surface area contributed by atoms with Gasteiger partial charge in [0.25, 0.3) is 11.0 Å². The van der Waals surface area contributed by atoms with Gasteiger partial charge in [-0.05, 0) is 23.7 Å². The molecule has 4 nitrogen and oxygen atoms in total.